The molecule has 0 aliphatic carbocycles. The maximum absolute atomic E-state index is 12.8. The number of anilines is 1. The molecule has 1 atom stereocenters. The van der Waals surface area contributed by atoms with Crippen LogP contribution in [0.2, 0.25) is 5.02 Å². The number of ether oxygens (including phenoxy) is 1. The number of fused-ring (bicyclic) bond motifs is 1. The second kappa shape index (κ2) is 9.36. The molecule has 9 heteroatoms. The van der Waals surface area contributed by atoms with Crippen molar-refractivity contribution in [3.05, 3.63) is 100 Å². The summed E-state index contributed by atoms with van der Waals surface area (Å²) in [6, 6.07) is 14.5. The molecule has 0 unspecified atom stereocenters. The molecule has 4 heterocycles. The van der Waals surface area contributed by atoms with Crippen molar-refractivity contribution in [2.75, 3.05) is 5.32 Å². The topological polar surface area (TPSA) is 106 Å². The predicted octanol–water partition coefficient (Wildman–Crippen LogP) is 5.38. The molecule has 1 aromatic carbocycles. The number of hydrogen-bond donors (Lipinski definition) is 2. The zero-order valence-corrected chi connectivity index (χ0v) is 18.9. The van der Waals surface area contributed by atoms with Crippen molar-refractivity contribution in [3.63, 3.8) is 0 Å². The van der Waals surface area contributed by atoms with E-state index in [1.54, 1.807) is 43.1 Å². The summed E-state index contributed by atoms with van der Waals surface area (Å²) in [6.07, 6.45) is 6.64. The van der Waals surface area contributed by atoms with Gasteiger partial charge in [0.2, 0.25) is 0 Å². The Morgan fingerprint density at radius 3 is 2.88 bits per heavy atom. The minimum atomic E-state index is -0.368. The minimum Gasteiger partial charge on any atom is -0.486 e. The van der Waals surface area contributed by atoms with Crippen molar-refractivity contribution in [3.8, 4) is 17.0 Å². The fourth-order valence-corrected chi connectivity index (χ4v) is 3.77. The van der Waals surface area contributed by atoms with Crippen molar-refractivity contribution in [2.45, 2.75) is 19.6 Å². The molecule has 170 valence electrons. The first-order valence-corrected chi connectivity index (χ1v) is 11.0. The number of hydrogen-bond acceptors (Lipinski definition) is 7. The summed E-state index contributed by atoms with van der Waals surface area (Å²) >= 11 is 6.45. The number of H-pyrrole nitrogens is 1. The molecule has 0 saturated heterocycles. The number of nitrogens with zero attached hydrogens (tertiary/aromatic N) is 3. The van der Waals surface area contributed by atoms with Gasteiger partial charge in [0.05, 0.1) is 22.3 Å². The van der Waals surface area contributed by atoms with Gasteiger partial charge in [-0.2, -0.15) is 4.98 Å². The van der Waals surface area contributed by atoms with Crippen LogP contribution in [-0.2, 0) is 6.61 Å². The summed E-state index contributed by atoms with van der Waals surface area (Å²) in [5.74, 6) is 0.470. The smallest absolute Gasteiger partial charge is 0.295 e. The Kier molecular flexibility index (Phi) is 5.97. The first kappa shape index (κ1) is 21.7. The molecular formula is C25H20ClN5O3. The van der Waals surface area contributed by atoms with Crippen LogP contribution in [0, 0.1) is 0 Å². The average molecular weight is 474 g/mol. The van der Waals surface area contributed by atoms with E-state index in [9.17, 15) is 4.79 Å². The van der Waals surface area contributed by atoms with E-state index in [1.807, 2.05) is 37.3 Å². The van der Waals surface area contributed by atoms with E-state index in [0.717, 1.165) is 16.6 Å². The Labute approximate surface area is 199 Å². The van der Waals surface area contributed by atoms with Crippen LogP contribution in [0.5, 0.6) is 5.75 Å². The number of halogens is 1. The Morgan fingerprint density at radius 1 is 1.18 bits per heavy atom. The lowest BCUT2D eigenvalue weighted by molar-refractivity contribution is 0.302. The number of oxazole rings is 1. The third-order valence-corrected chi connectivity index (χ3v) is 5.59. The normalized spacial score (nSPS) is 11.9. The average Bonchev–Trinajstić information content (AvgIpc) is 3.32. The SMILES string of the molecule is C[C@H](Nc1nc(-c2cccnc2)co1)c1cc2cc(Cl)c(OCc3ccccn3)cc2[nH]c1=O. The van der Waals surface area contributed by atoms with Crippen LogP contribution in [0.25, 0.3) is 22.2 Å². The van der Waals surface area contributed by atoms with Crippen LogP contribution in [0.4, 0.5) is 6.01 Å². The van der Waals surface area contributed by atoms with Gasteiger partial charge >= 0.3 is 0 Å². The monoisotopic (exact) mass is 473 g/mol. The second-order valence-corrected chi connectivity index (χ2v) is 8.09. The van der Waals surface area contributed by atoms with Gasteiger partial charge in [0.1, 0.15) is 24.3 Å². The molecule has 0 spiro atoms. The molecule has 4 aromatic heterocycles. The van der Waals surface area contributed by atoms with E-state index < -0.39 is 0 Å². The van der Waals surface area contributed by atoms with E-state index >= 15 is 0 Å². The first-order valence-electron chi connectivity index (χ1n) is 10.6. The van der Waals surface area contributed by atoms with Crippen molar-refractivity contribution in [2.24, 2.45) is 0 Å². The van der Waals surface area contributed by atoms with Gasteiger partial charge in [-0.25, -0.2) is 0 Å². The quantitative estimate of drug-likeness (QED) is 0.327. The van der Waals surface area contributed by atoms with Crippen molar-refractivity contribution in [1.82, 2.24) is 19.9 Å². The Morgan fingerprint density at radius 2 is 2.09 bits per heavy atom. The lowest BCUT2D eigenvalue weighted by Crippen LogP contribution is -2.19. The molecule has 2 N–H and O–H groups in total. The van der Waals surface area contributed by atoms with Gasteiger partial charge in [-0.05, 0) is 43.3 Å². The van der Waals surface area contributed by atoms with Crippen LogP contribution in [0.3, 0.4) is 0 Å². The summed E-state index contributed by atoms with van der Waals surface area (Å²) in [4.78, 5) is 28.5. The van der Waals surface area contributed by atoms with Crippen LogP contribution in [0.1, 0.15) is 24.2 Å². The van der Waals surface area contributed by atoms with Gasteiger partial charge in [0.25, 0.3) is 11.6 Å². The highest BCUT2D eigenvalue weighted by molar-refractivity contribution is 6.32. The van der Waals surface area contributed by atoms with Gasteiger partial charge < -0.3 is 19.5 Å². The molecular weight excluding hydrogens is 454 g/mol. The highest BCUT2D eigenvalue weighted by atomic mass is 35.5. The van der Waals surface area contributed by atoms with Crippen molar-refractivity contribution >= 4 is 28.5 Å². The minimum absolute atomic E-state index is 0.232. The van der Waals surface area contributed by atoms with E-state index in [-0.39, 0.29) is 18.2 Å². The molecule has 0 aliphatic rings. The summed E-state index contributed by atoms with van der Waals surface area (Å²) in [6.45, 7) is 2.13. The Bertz CT molecular complexity index is 1490. The molecule has 0 saturated carbocycles. The van der Waals surface area contributed by atoms with Gasteiger partial charge in [0.15, 0.2) is 0 Å². The highest BCUT2D eigenvalue weighted by Gasteiger charge is 2.16. The van der Waals surface area contributed by atoms with Crippen LogP contribution < -0.4 is 15.6 Å². The van der Waals surface area contributed by atoms with E-state index in [2.05, 4.69) is 25.3 Å². The summed E-state index contributed by atoms with van der Waals surface area (Å²) < 4.78 is 11.3. The molecule has 5 aromatic rings. The standard InChI is InChI=1S/C25H20ClN5O3/c1-15(29-25-31-22(14-34-25)16-5-4-7-27-12-16)19-9-17-10-20(26)23(11-21(17)30-24(19)32)33-13-18-6-2-3-8-28-18/h2-12,14-15H,13H2,1H3,(H,29,31)(H,30,32)/t15-/m0/s1. The molecule has 0 bridgehead atoms. The number of pyridine rings is 3. The Balaban J connectivity index is 1.36. The molecule has 0 aliphatic heterocycles. The maximum atomic E-state index is 12.8. The molecule has 34 heavy (non-hydrogen) atoms. The lowest BCUT2D eigenvalue weighted by atomic mass is 10.1. The zero-order chi connectivity index (χ0) is 23.5. The van der Waals surface area contributed by atoms with E-state index in [0.29, 0.717) is 33.6 Å². The lowest BCUT2D eigenvalue weighted by Gasteiger charge is -2.14. The van der Waals surface area contributed by atoms with Gasteiger partial charge in [-0.1, -0.05) is 17.7 Å². The molecule has 0 fully saturated rings. The number of aromatic nitrogens is 4. The summed E-state index contributed by atoms with van der Waals surface area (Å²) in [5, 5.41) is 4.36. The highest BCUT2D eigenvalue weighted by Crippen LogP contribution is 2.31. The fraction of sp³-hybridized carbons (Fsp3) is 0.120. The number of rotatable bonds is 7. The Hall–Kier alpha value is -4.17. The van der Waals surface area contributed by atoms with E-state index in [1.165, 1.54) is 0 Å². The number of aromatic amines is 1. The molecule has 8 nitrogen and oxygen atoms in total. The predicted molar refractivity (Wildman–Crippen MR) is 130 cm³/mol. The van der Waals surface area contributed by atoms with Crippen LogP contribution in [-0.4, -0.2) is 19.9 Å². The second-order valence-electron chi connectivity index (χ2n) is 7.68. The van der Waals surface area contributed by atoms with Gasteiger partial charge in [-0.15, -0.1) is 0 Å². The van der Waals surface area contributed by atoms with Crippen molar-refractivity contribution in [1.29, 1.82) is 0 Å². The maximum Gasteiger partial charge on any atom is 0.295 e. The van der Waals surface area contributed by atoms with Crippen molar-refractivity contribution < 1.29 is 9.15 Å². The summed E-state index contributed by atoms with van der Waals surface area (Å²) in [7, 11) is 0. The largest absolute Gasteiger partial charge is 0.486 e. The third-order valence-electron chi connectivity index (χ3n) is 5.30. The fourth-order valence-electron chi connectivity index (χ4n) is 3.54. The number of benzene rings is 1. The zero-order valence-electron chi connectivity index (χ0n) is 18.2. The molecule has 0 radical (unpaired) electrons. The summed E-state index contributed by atoms with van der Waals surface area (Å²) in [5.41, 5.74) is 3.18. The van der Waals surface area contributed by atoms with E-state index in [4.69, 9.17) is 20.8 Å². The van der Waals surface area contributed by atoms with Crippen LogP contribution in [0.15, 0.2) is 82.6 Å². The molecule has 0 amide bonds. The first-order chi connectivity index (χ1) is 16.6. The van der Waals surface area contributed by atoms with Gasteiger partial charge in [0, 0.05) is 41.2 Å². The van der Waals surface area contributed by atoms with Gasteiger partial charge in [-0.3, -0.25) is 14.8 Å². The van der Waals surface area contributed by atoms with Crippen LogP contribution >= 0.6 is 11.6 Å². The number of nitrogens with one attached hydrogen (secondary N) is 2. The third kappa shape index (κ3) is 4.62. The molecule has 5 rings (SSSR count).